The monoisotopic (exact) mass is 267 g/mol. The molecule has 2 heterocycles. The Morgan fingerprint density at radius 2 is 2.26 bits per heavy atom. The summed E-state index contributed by atoms with van der Waals surface area (Å²) in [4.78, 5) is 28.7. The van der Waals surface area contributed by atoms with Gasteiger partial charge in [0.15, 0.2) is 5.82 Å². The van der Waals surface area contributed by atoms with Crippen LogP contribution in [0, 0.1) is 12.8 Å². The number of carboxylic acids is 1. The van der Waals surface area contributed by atoms with E-state index >= 15 is 0 Å². The van der Waals surface area contributed by atoms with Crippen molar-refractivity contribution < 1.29 is 19.2 Å². The van der Waals surface area contributed by atoms with E-state index in [1.807, 2.05) is 6.92 Å². The summed E-state index contributed by atoms with van der Waals surface area (Å²) in [6.07, 6.45) is 1.26. The number of aryl methyl sites for hydroxylation is 2. The number of carbonyl (C=O) groups is 2. The Morgan fingerprint density at radius 3 is 2.84 bits per heavy atom. The molecule has 1 aliphatic heterocycles. The number of hydrogen-bond donors (Lipinski definition) is 1. The zero-order valence-corrected chi connectivity index (χ0v) is 11.0. The van der Waals surface area contributed by atoms with Crippen LogP contribution in [0.2, 0.25) is 0 Å². The second-order valence-electron chi connectivity index (χ2n) is 4.87. The molecule has 0 radical (unpaired) electrons. The van der Waals surface area contributed by atoms with Crippen LogP contribution in [-0.2, 0) is 16.0 Å². The molecule has 1 saturated heterocycles. The third-order valence-electron chi connectivity index (χ3n) is 3.40. The van der Waals surface area contributed by atoms with Gasteiger partial charge in [-0.25, -0.2) is 4.79 Å². The average molecular weight is 267 g/mol. The van der Waals surface area contributed by atoms with E-state index in [0.29, 0.717) is 24.7 Å². The van der Waals surface area contributed by atoms with Gasteiger partial charge >= 0.3 is 5.97 Å². The predicted octanol–water partition coefficient (Wildman–Crippen LogP) is 0.632. The molecule has 0 spiro atoms. The fourth-order valence-corrected chi connectivity index (χ4v) is 2.40. The van der Waals surface area contributed by atoms with Gasteiger partial charge in [0, 0.05) is 19.4 Å². The zero-order valence-electron chi connectivity index (χ0n) is 11.0. The van der Waals surface area contributed by atoms with E-state index in [0.717, 1.165) is 6.42 Å². The van der Waals surface area contributed by atoms with Crippen LogP contribution < -0.4 is 0 Å². The molecule has 1 aromatic rings. The molecule has 0 saturated carbocycles. The second-order valence-corrected chi connectivity index (χ2v) is 4.87. The fraction of sp³-hybridized carbons (Fsp3) is 0.667. The molecule has 2 atom stereocenters. The maximum absolute atomic E-state index is 12.1. The molecular formula is C12H17N3O4. The van der Waals surface area contributed by atoms with Gasteiger partial charge in [-0.2, -0.15) is 4.98 Å². The molecule has 1 aliphatic rings. The van der Waals surface area contributed by atoms with Crippen LogP contribution in [-0.4, -0.2) is 44.6 Å². The second kappa shape index (κ2) is 5.38. The van der Waals surface area contributed by atoms with Gasteiger partial charge in [-0.1, -0.05) is 12.1 Å². The van der Waals surface area contributed by atoms with Crippen molar-refractivity contribution in [3.05, 3.63) is 11.7 Å². The van der Waals surface area contributed by atoms with Gasteiger partial charge in [0.05, 0.1) is 0 Å². The van der Waals surface area contributed by atoms with Crippen LogP contribution in [0.25, 0.3) is 0 Å². The molecule has 1 fully saturated rings. The summed E-state index contributed by atoms with van der Waals surface area (Å²) in [5, 5.41) is 12.8. The summed E-state index contributed by atoms with van der Waals surface area (Å²) in [6, 6.07) is -0.711. The smallest absolute Gasteiger partial charge is 0.326 e. The molecule has 2 rings (SSSR count). The molecule has 0 aromatic carbocycles. The van der Waals surface area contributed by atoms with Crippen molar-refractivity contribution >= 4 is 11.9 Å². The topological polar surface area (TPSA) is 96.5 Å². The maximum atomic E-state index is 12.1. The predicted molar refractivity (Wildman–Crippen MR) is 64.3 cm³/mol. The first-order chi connectivity index (χ1) is 8.99. The number of aromatic nitrogens is 2. The zero-order chi connectivity index (χ0) is 14.0. The van der Waals surface area contributed by atoms with E-state index in [1.54, 1.807) is 6.92 Å². The average Bonchev–Trinajstić information content (AvgIpc) is 2.92. The van der Waals surface area contributed by atoms with Crippen LogP contribution in [0.5, 0.6) is 0 Å². The van der Waals surface area contributed by atoms with E-state index in [2.05, 4.69) is 10.1 Å². The fourth-order valence-electron chi connectivity index (χ4n) is 2.40. The highest BCUT2D eigenvalue weighted by Gasteiger charge is 2.39. The van der Waals surface area contributed by atoms with Crippen molar-refractivity contribution in [1.82, 2.24) is 15.0 Å². The van der Waals surface area contributed by atoms with E-state index in [9.17, 15) is 9.59 Å². The van der Waals surface area contributed by atoms with E-state index in [4.69, 9.17) is 9.63 Å². The van der Waals surface area contributed by atoms with Gasteiger partial charge in [0.2, 0.25) is 11.8 Å². The highest BCUT2D eigenvalue weighted by atomic mass is 16.5. The number of aliphatic carboxylic acids is 1. The van der Waals surface area contributed by atoms with Crippen LogP contribution in [0.1, 0.15) is 31.5 Å². The molecule has 2 unspecified atom stereocenters. The Labute approximate surface area is 110 Å². The lowest BCUT2D eigenvalue weighted by Crippen LogP contribution is -2.42. The van der Waals surface area contributed by atoms with E-state index in [-0.39, 0.29) is 18.2 Å². The Kier molecular flexibility index (Phi) is 3.82. The largest absolute Gasteiger partial charge is 0.480 e. The van der Waals surface area contributed by atoms with Crippen LogP contribution in [0.15, 0.2) is 4.52 Å². The lowest BCUT2D eigenvalue weighted by molar-refractivity contribution is -0.149. The third-order valence-corrected chi connectivity index (χ3v) is 3.40. The van der Waals surface area contributed by atoms with Crippen molar-refractivity contribution in [2.75, 3.05) is 6.54 Å². The van der Waals surface area contributed by atoms with Crippen molar-refractivity contribution in [2.45, 2.75) is 39.2 Å². The molecule has 0 bridgehead atoms. The number of carbonyl (C=O) groups excluding carboxylic acids is 1. The van der Waals surface area contributed by atoms with Crippen molar-refractivity contribution in [1.29, 1.82) is 0 Å². The van der Waals surface area contributed by atoms with Gasteiger partial charge < -0.3 is 14.5 Å². The van der Waals surface area contributed by atoms with Gasteiger partial charge in [0.25, 0.3) is 0 Å². The minimum atomic E-state index is -0.938. The molecule has 7 heteroatoms. The summed E-state index contributed by atoms with van der Waals surface area (Å²) in [7, 11) is 0. The Bertz CT molecular complexity index is 485. The van der Waals surface area contributed by atoms with E-state index in [1.165, 1.54) is 4.90 Å². The summed E-state index contributed by atoms with van der Waals surface area (Å²) >= 11 is 0. The normalized spacial score (nSPS) is 22.7. The van der Waals surface area contributed by atoms with Crippen molar-refractivity contribution in [3.63, 3.8) is 0 Å². The summed E-state index contributed by atoms with van der Waals surface area (Å²) in [5.41, 5.74) is 0. The van der Waals surface area contributed by atoms with Gasteiger partial charge in [-0.3, -0.25) is 4.79 Å². The highest BCUT2D eigenvalue weighted by Crippen LogP contribution is 2.25. The first-order valence-corrected chi connectivity index (χ1v) is 6.30. The number of rotatable bonds is 4. The number of likely N-dealkylation sites (tertiary alicyclic amines) is 1. The Hall–Kier alpha value is -1.92. The quantitative estimate of drug-likeness (QED) is 0.859. The number of amides is 1. The van der Waals surface area contributed by atoms with Crippen molar-refractivity contribution in [3.8, 4) is 0 Å². The Morgan fingerprint density at radius 1 is 1.53 bits per heavy atom. The first kappa shape index (κ1) is 13.5. The number of nitrogens with zero attached hydrogens (tertiary/aromatic N) is 3. The summed E-state index contributed by atoms with van der Waals surface area (Å²) in [5.74, 6) is -0.183. The Balaban J connectivity index is 1.94. The standard InChI is InChI=1S/C12H17N3O4/c1-7-5-6-15(11(7)12(17)18)10(16)4-3-9-13-8(2)14-19-9/h7,11H,3-6H2,1-2H3,(H,17,18). The number of carboxylic acid groups (broad SMARTS) is 1. The lowest BCUT2D eigenvalue weighted by Gasteiger charge is -2.23. The molecule has 19 heavy (non-hydrogen) atoms. The molecule has 104 valence electrons. The summed E-state index contributed by atoms with van der Waals surface area (Å²) in [6.45, 7) is 4.06. The van der Waals surface area contributed by atoms with E-state index < -0.39 is 12.0 Å². The minimum Gasteiger partial charge on any atom is -0.480 e. The van der Waals surface area contributed by atoms with Crippen molar-refractivity contribution in [2.24, 2.45) is 5.92 Å². The van der Waals surface area contributed by atoms with Gasteiger partial charge in [-0.05, 0) is 19.3 Å². The molecule has 1 N–H and O–H groups in total. The molecular weight excluding hydrogens is 250 g/mol. The molecule has 7 nitrogen and oxygen atoms in total. The number of hydrogen-bond acceptors (Lipinski definition) is 5. The van der Waals surface area contributed by atoms with Gasteiger partial charge in [-0.15, -0.1) is 0 Å². The van der Waals surface area contributed by atoms with Gasteiger partial charge in [0.1, 0.15) is 6.04 Å². The molecule has 0 aliphatic carbocycles. The summed E-state index contributed by atoms with van der Waals surface area (Å²) < 4.78 is 4.92. The molecule has 1 amide bonds. The van der Waals surface area contributed by atoms with Crippen LogP contribution in [0.3, 0.4) is 0 Å². The highest BCUT2D eigenvalue weighted by molar-refractivity contribution is 5.84. The SMILES string of the molecule is Cc1noc(CCC(=O)N2CCC(C)C2C(=O)O)n1. The maximum Gasteiger partial charge on any atom is 0.326 e. The lowest BCUT2D eigenvalue weighted by atomic mass is 10.0. The third kappa shape index (κ3) is 2.91. The van der Waals surface area contributed by atoms with Crippen LogP contribution in [0.4, 0.5) is 0 Å². The first-order valence-electron chi connectivity index (χ1n) is 6.30. The minimum absolute atomic E-state index is 0.00732. The molecule has 1 aromatic heterocycles. The van der Waals surface area contributed by atoms with Crippen LogP contribution >= 0.6 is 0 Å².